The molecule has 0 spiro atoms. The summed E-state index contributed by atoms with van der Waals surface area (Å²) in [6.07, 6.45) is 5.22. The highest BCUT2D eigenvalue weighted by atomic mass is 19.1. The van der Waals surface area contributed by atoms with E-state index in [-0.39, 0.29) is 29.8 Å². The lowest BCUT2D eigenvalue weighted by Crippen LogP contribution is -2.19. The van der Waals surface area contributed by atoms with Gasteiger partial charge >= 0.3 is 5.97 Å². The molecule has 1 aliphatic rings. The summed E-state index contributed by atoms with van der Waals surface area (Å²) < 4.78 is 20.8. The summed E-state index contributed by atoms with van der Waals surface area (Å²) in [5, 5.41) is 18.2. The molecule has 9 heteroatoms. The van der Waals surface area contributed by atoms with Crippen LogP contribution in [0.4, 0.5) is 10.1 Å². The van der Waals surface area contributed by atoms with Gasteiger partial charge in [-0.15, -0.1) is 5.10 Å². The number of hydrogen-bond donors (Lipinski definition) is 2. The van der Waals surface area contributed by atoms with Gasteiger partial charge in [0, 0.05) is 11.8 Å². The van der Waals surface area contributed by atoms with Gasteiger partial charge in [0.05, 0.1) is 12.3 Å². The van der Waals surface area contributed by atoms with E-state index in [1.807, 2.05) is 0 Å². The molecule has 0 bridgehead atoms. The summed E-state index contributed by atoms with van der Waals surface area (Å²) in [6.45, 7) is -0.234. The number of benzene rings is 1. The molecule has 3 rings (SSSR count). The highest BCUT2D eigenvalue weighted by Crippen LogP contribution is 2.27. The zero-order valence-corrected chi connectivity index (χ0v) is 13.3. The Bertz CT molecular complexity index is 786. The first-order chi connectivity index (χ1) is 12.0. The molecule has 1 saturated carbocycles. The Morgan fingerprint density at radius 2 is 2.12 bits per heavy atom. The van der Waals surface area contributed by atoms with E-state index < -0.39 is 17.7 Å². The second-order valence-corrected chi connectivity index (χ2v) is 5.82. The van der Waals surface area contributed by atoms with Gasteiger partial charge in [-0.1, -0.05) is 5.21 Å². The lowest BCUT2D eigenvalue weighted by Gasteiger charge is -2.14. The number of rotatable bonds is 6. The molecular formula is C16H17FN4O4. The van der Waals surface area contributed by atoms with Crippen LogP contribution in [0.2, 0.25) is 0 Å². The Hall–Kier alpha value is -2.97. The van der Waals surface area contributed by atoms with E-state index in [1.165, 1.54) is 12.1 Å². The van der Waals surface area contributed by atoms with Gasteiger partial charge < -0.3 is 15.2 Å². The van der Waals surface area contributed by atoms with Crippen LogP contribution in [0.25, 0.3) is 0 Å². The molecule has 1 amide bonds. The normalized spacial score (nSPS) is 14.4. The predicted octanol–water partition coefficient (Wildman–Crippen LogP) is 2.08. The first kappa shape index (κ1) is 16.9. The van der Waals surface area contributed by atoms with Crippen molar-refractivity contribution in [2.75, 3.05) is 5.32 Å². The number of nitrogens with one attached hydrogen (secondary N) is 1. The number of nitrogens with zero attached hydrogens (tertiary/aromatic N) is 3. The minimum absolute atomic E-state index is 0.0469. The second-order valence-electron chi connectivity index (χ2n) is 5.82. The lowest BCUT2D eigenvalue weighted by molar-refractivity contribution is -0.116. The Labute approximate surface area is 142 Å². The summed E-state index contributed by atoms with van der Waals surface area (Å²) in [7, 11) is 0. The van der Waals surface area contributed by atoms with Crippen LogP contribution in [0, 0.1) is 5.82 Å². The number of ether oxygens (including phenoxy) is 1. The molecule has 1 aliphatic carbocycles. The fraction of sp³-hybridized carbons (Fsp3) is 0.375. The SMILES string of the molecule is O=C(Cn1cc(C(=O)O)nn1)Nc1ccc(OC2CCCC2)c(F)c1. The third-order valence-electron chi connectivity index (χ3n) is 3.87. The molecule has 1 fully saturated rings. The number of carbonyl (C=O) groups is 2. The van der Waals surface area contributed by atoms with E-state index >= 15 is 0 Å². The van der Waals surface area contributed by atoms with E-state index in [4.69, 9.17) is 9.84 Å². The van der Waals surface area contributed by atoms with Gasteiger partial charge in [0.25, 0.3) is 0 Å². The number of hydrogen-bond acceptors (Lipinski definition) is 5. The number of anilines is 1. The minimum atomic E-state index is -1.23. The molecule has 2 N–H and O–H groups in total. The highest BCUT2D eigenvalue weighted by Gasteiger charge is 2.18. The molecule has 25 heavy (non-hydrogen) atoms. The van der Waals surface area contributed by atoms with E-state index in [9.17, 15) is 14.0 Å². The Morgan fingerprint density at radius 3 is 2.76 bits per heavy atom. The number of carboxylic acid groups (broad SMARTS) is 1. The molecule has 0 atom stereocenters. The van der Waals surface area contributed by atoms with Gasteiger partial charge in [-0.2, -0.15) is 0 Å². The molecule has 1 aromatic carbocycles. The van der Waals surface area contributed by atoms with Crippen molar-refractivity contribution >= 4 is 17.6 Å². The van der Waals surface area contributed by atoms with Crippen LogP contribution in [-0.4, -0.2) is 38.1 Å². The molecule has 0 radical (unpaired) electrons. The van der Waals surface area contributed by atoms with Crippen molar-refractivity contribution in [2.24, 2.45) is 0 Å². The van der Waals surface area contributed by atoms with Crippen LogP contribution in [0.15, 0.2) is 24.4 Å². The first-order valence-corrected chi connectivity index (χ1v) is 7.91. The van der Waals surface area contributed by atoms with Crippen LogP contribution in [0.1, 0.15) is 36.2 Å². The zero-order valence-electron chi connectivity index (χ0n) is 13.3. The quantitative estimate of drug-likeness (QED) is 0.828. The number of amides is 1. The minimum Gasteiger partial charge on any atom is -0.487 e. The van der Waals surface area contributed by atoms with Crippen molar-refractivity contribution in [1.82, 2.24) is 15.0 Å². The standard InChI is InChI=1S/C16H17FN4O4/c17-12-7-10(5-6-14(12)25-11-3-1-2-4-11)18-15(22)9-21-8-13(16(23)24)19-20-21/h5-8,11H,1-4,9H2,(H,18,22)(H,23,24). The van der Waals surface area contributed by atoms with Crippen LogP contribution < -0.4 is 10.1 Å². The maximum Gasteiger partial charge on any atom is 0.358 e. The molecule has 8 nitrogen and oxygen atoms in total. The van der Waals surface area contributed by atoms with Gasteiger partial charge in [-0.05, 0) is 37.8 Å². The van der Waals surface area contributed by atoms with Crippen molar-refractivity contribution < 1.29 is 23.8 Å². The van der Waals surface area contributed by atoms with Gasteiger partial charge in [0.15, 0.2) is 17.3 Å². The maximum absolute atomic E-state index is 14.1. The highest BCUT2D eigenvalue weighted by molar-refractivity contribution is 5.90. The van der Waals surface area contributed by atoms with Crippen molar-refractivity contribution in [3.8, 4) is 5.75 Å². The lowest BCUT2D eigenvalue weighted by atomic mass is 10.2. The average molecular weight is 348 g/mol. The summed E-state index contributed by atoms with van der Waals surface area (Å²) in [5.41, 5.74) is 0.0205. The largest absolute Gasteiger partial charge is 0.487 e. The van der Waals surface area contributed by atoms with Crippen LogP contribution in [-0.2, 0) is 11.3 Å². The van der Waals surface area contributed by atoms with Crippen molar-refractivity contribution in [1.29, 1.82) is 0 Å². The Balaban J connectivity index is 1.58. The van der Waals surface area contributed by atoms with Crippen LogP contribution >= 0.6 is 0 Å². The van der Waals surface area contributed by atoms with E-state index in [2.05, 4.69) is 15.6 Å². The molecule has 0 aliphatic heterocycles. The Kier molecular flexibility index (Phi) is 4.92. The van der Waals surface area contributed by atoms with Crippen molar-refractivity contribution in [2.45, 2.75) is 38.3 Å². The fourth-order valence-electron chi connectivity index (χ4n) is 2.68. The molecule has 0 unspecified atom stereocenters. The molecule has 132 valence electrons. The summed E-state index contributed by atoms with van der Waals surface area (Å²) in [6, 6.07) is 4.22. The summed E-state index contributed by atoms with van der Waals surface area (Å²) >= 11 is 0. The van der Waals surface area contributed by atoms with Crippen LogP contribution in [0.5, 0.6) is 5.75 Å². The number of aromatic nitrogens is 3. The maximum atomic E-state index is 14.1. The number of aromatic carboxylic acids is 1. The van der Waals surface area contributed by atoms with Crippen molar-refractivity contribution in [3.63, 3.8) is 0 Å². The smallest absolute Gasteiger partial charge is 0.358 e. The zero-order chi connectivity index (χ0) is 17.8. The van der Waals surface area contributed by atoms with Crippen LogP contribution in [0.3, 0.4) is 0 Å². The van der Waals surface area contributed by atoms with Gasteiger partial charge in [-0.3, -0.25) is 4.79 Å². The van der Waals surface area contributed by atoms with E-state index in [0.717, 1.165) is 36.6 Å². The second kappa shape index (κ2) is 7.29. The third-order valence-corrected chi connectivity index (χ3v) is 3.87. The summed E-state index contributed by atoms with van der Waals surface area (Å²) in [4.78, 5) is 22.6. The molecule has 1 aromatic heterocycles. The molecule has 1 heterocycles. The summed E-state index contributed by atoms with van der Waals surface area (Å²) in [5.74, 6) is -2.08. The predicted molar refractivity (Wildman–Crippen MR) is 84.9 cm³/mol. The molecule has 0 saturated heterocycles. The van der Waals surface area contributed by atoms with Crippen molar-refractivity contribution in [3.05, 3.63) is 35.9 Å². The Morgan fingerprint density at radius 1 is 1.36 bits per heavy atom. The topological polar surface area (TPSA) is 106 Å². The molecular weight excluding hydrogens is 331 g/mol. The number of carbonyl (C=O) groups excluding carboxylic acids is 1. The van der Waals surface area contributed by atoms with Gasteiger partial charge in [0.2, 0.25) is 5.91 Å². The van der Waals surface area contributed by atoms with E-state index in [0.29, 0.717) is 0 Å². The van der Waals surface area contributed by atoms with Gasteiger partial charge in [0.1, 0.15) is 6.54 Å². The fourth-order valence-corrected chi connectivity index (χ4v) is 2.68. The third kappa shape index (κ3) is 4.31. The number of halogens is 1. The number of carboxylic acids is 1. The average Bonchev–Trinajstić information content (AvgIpc) is 3.21. The first-order valence-electron chi connectivity index (χ1n) is 7.91. The van der Waals surface area contributed by atoms with E-state index in [1.54, 1.807) is 6.07 Å². The monoisotopic (exact) mass is 348 g/mol. The molecule has 2 aromatic rings. The van der Waals surface area contributed by atoms with Gasteiger partial charge in [-0.25, -0.2) is 13.9 Å².